The molecule has 1 aliphatic heterocycles. The Morgan fingerprint density at radius 1 is 1.32 bits per heavy atom. The molecule has 7 heteroatoms. The largest absolute Gasteiger partial charge is 0.481 e. The third-order valence-electron chi connectivity index (χ3n) is 4.10. The molecule has 1 N–H and O–H groups in total. The predicted octanol–water partition coefficient (Wildman–Crippen LogP) is 2.61. The molecular formula is C18H27N3O4. The molecule has 0 spiro atoms. The van der Waals surface area contributed by atoms with Crippen LogP contribution in [-0.4, -0.2) is 53.2 Å². The van der Waals surface area contributed by atoms with Gasteiger partial charge in [-0.15, -0.1) is 0 Å². The lowest BCUT2D eigenvalue weighted by Gasteiger charge is -2.40. The summed E-state index contributed by atoms with van der Waals surface area (Å²) in [7, 11) is 1.51. The first-order valence-corrected chi connectivity index (χ1v) is 8.53. The minimum Gasteiger partial charge on any atom is -0.481 e. The minimum absolute atomic E-state index is 0.151. The van der Waals surface area contributed by atoms with E-state index >= 15 is 0 Å². The van der Waals surface area contributed by atoms with Crippen LogP contribution in [0.25, 0.3) is 0 Å². The van der Waals surface area contributed by atoms with Gasteiger partial charge in [0.2, 0.25) is 5.88 Å². The number of hydrogen-bond acceptors (Lipinski definition) is 5. The van der Waals surface area contributed by atoms with Gasteiger partial charge in [0, 0.05) is 18.7 Å². The van der Waals surface area contributed by atoms with Crippen LogP contribution in [0.3, 0.4) is 0 Å². The summed E-state index contributed by atoms with van der Waals surface area (Å²) < 4.78 is 10.5. The monoisotopic (exact) mass is 349 g/mol. The van der Waals surface area contributed by atoms with E-state index in [1.807, 2.05) is 27.7 Å². The van der Waals surface area contributed by atoms with Gasteiger partial charge in [-0.25, -0.2) is 9.78 Å². The van der Waals surface area contributed by atoms with Crippen molar-refractivity contribution in [3.05, 3.63) is 23.9 Å². The number of rotatable bonds is 3. The number of likely N-dealkylation sites (tertiary alicyclic amines) is 1. The second-order valence-electron chi connectivity index (χ2n) is 7.20. The standard InChI is InChI=1S/C18H27N3O4/c1-12-13(9-7-11-21(12)17(23)25-18(2,3)4)20-16(22)14-8-6-10-15(19-14)24-5/h6,8,10,12-13H,7,9,11H2,1-5H3,(H,20,22)/t12-,13+/m0/s1. The molecule has 1 aromatic rings. The van der Waals surface area contributed by atoms with Crippen LogP contribution < -0.4 is 10.1 Å². The molecule has 2 rings (SSSR count). The lowest BCUT2D eigenvalue weighted by atomic mass is 9.97. The van der Waals surface area contributed by atoms with Crippen molar-refractivity contribution in [2.75, 3.05) is 13.7 Å². The number of carbonyl (C=O) groups excluding carboxylic acids is 2. The highest BCUT2D eigenvalue weighted by Gasteiger charge is 2.34. The molecule has 138 valence electrons. The molecule has 1 fully saturated rings. The molecule has 0 saturated carbocycles. The van der Waals surface area contributed by atoms with Gasteiger partial charge in [0.25, 0.3) is 5.91 Å². The number of amides is 2. The highest BCUT2D eigenvalue weighted by atomic mass is 16.6. The van der Waals surface area contributed by atoms with E-state index < -0.39 is 5.60 Å². The number of piperidine rings is 1. The zero-order valence-electron chi connectivity index (χ0n) is 15.5. The molecule has 1 saturated heterocycles. The van der Waals surface area contributed by atoms with Crippen molar-refractivity contribution < 1.29 is 19.1 Å². The molecule has 0 unspecified atom stereocenters. The van der Waals surface area contributed by atoms with E-state index in [4.69, 9.17) is 9.47 Å². The van der Waals surface area contributed by atoms with E-state index in [1.54, 1.807) is 23.1 Å². The maximum atomic E-state index is 12.5. The SMILES string of the molecule is COc1cccc(C(=O)N[C@@H]2CCCN(C(=O)OC(C)(C)C)[C@H]2C)n1. The lowest BCUT2D eigenvalue weighted by molar-refractivity contribution is 0.00699. The average molecular weight is 349 g/mol. The van der Waals surface area contributed by atoms with Crippen LogP contribution >= 0.6 is 0 Å². The number of methoxy groups -OCH3 is 1. The highest BCUT2D eigenvalue weighted by molar-refractivity contribution is 5.92. The van der Waals surface area contributed by atoms with Crippen molar-refractivity contribution in [2.24, 2.45) is 0 Å². The minimum atomic E-state index is -0.544. The first kappa shape index (κ1) is 19.0. The topological polar surface area (TPSA) is 80.8 Å². The number of aromatic nitrogens is 1. The third-order valence-corrected chi connectivity index (χ3v) is 4.10. The van der Waals surface area contributed by atoms with Crippen molar-refractivity contribution in [2.45, 2.75) is 58.2 Å². The van der Waals surface area contributed by atoms with Gasteiger partial charge in [-0.1, -0.05) is 6.07 Å². The van der Waals surface area contributed by atoms with Crippen LogP contribution in [0.2, 0.25) is 0 Å². The molecule has 1 aromatic heterocycles. The van der Waals surface area contributed by atoms with E-state index in [1.165, 1.54) is 7.11 Å². The van der Waals surface area contributed by atoms with E-state index in [9.17, 15) is 9.59 Å². The van der Waals surface area contributed by atoms with Gasteiger partial charge in [0.05, 0.1) is 13.2 Å². The molecule has 2 amide bonds. The van der Waals surface area contributed by atoms with Gasteiger partial charge in [-0.3, -0.25) is 4.79 Å². The van der Waals surface area contributed by atoms with Crippen LogP contribution in [0.5, 0.6) is 5.88 Å². The first-order valence-electron chi connectivity index (χ1n) is 8.53. The van der Waals surface area contributed by atoms with Crippen molar-refractivity contribution in [1.29, 1.82) is 0 Å². The quantitative estimate of drug-likeness (QED) is 0.907. The van der Waals surface area contributed by atoms with Gasteiger partial charge in [0.15, 0.2) is 0 Å². The van der Waals surface area contributed by atoms with Crippen molar-refractivity contribution in [1.82, 2.24) is 15.2 Å². The Morgan fingerprint density at radius 2 is 2.04 bits per heavy atom. The average Bonchev–Trinajstić information content (AvgIpc) is 2.55. The molecule has 0 bridgehead atoms. The number of ether oxygens (including phenoxy) is 2. The molecule has 2 heterocycles. The van der Waals surface area contributed by atoms with E-state index in [2.05, 4.69) is 10.3 Å². The number of carbonyl (C=O) groups is 2. The lowest BCUT2D eigenvalue weighted by Crippen LogP contribution is -2.56. The van der Waals surface area contributed by atoms with Crippen molar-refractivity contribution >= 4 is 12.0 Å². The molecule has 0 radical (unpaired) electrons. The second-order valence-corrected chi connectivity index (χ2v) is 7.20. The molecule has 0 aliphatic carbocycles. The Balaban J connectivity index is 2.04. The Bertz CT molecular complexity index is 627. The van der Waals surface area contributed by atoms with Gasteiger partial charge < -0.3 is 19.7 Å². The maximum absolute atomic E-state index is 12.5. The Hall–Kier alpha value is -2.31. The van der Waals surface area contributed by atoms with Crippen LogP contribution in [0.1, 0.15) is 51.0 Å². The summed E-state index contributed by atoms with van der Waals surface area (Å²) in [6, 6.07) is 4.74. The zero-order valence-corrected chi connectivity index (χ0v) is 15.5. The maximum Gasteiger partial charge on any atom is 0.410 e. The van der Waals surface area contributed by atoms with E-state index in [0.29, 0.717) is 18.1 Å². The van der Waals surface area contributed by atoms with Crippen LogP contribution in [0.15, 0.2) is 18.2 Å². The Labute approximate surface area is 148 Å². The van der Waals surface area contributed by atoms with Crippen LogP contribution in [-0.2, 0) is 4.74 Å². The number of nitrogens with zero attached hydrogens (tertiary/aromatic N) is 2. The fourth-order valence-corrected chi connectivity index (χ4v) is 2.81. The van der Waals surface area contributed by atoms with Gasteiger partial charge in [-0.2, -0.15) is 0 Å². The number of pyridine rings is 1. The van der Waals surface area contributed by atoms with Gasteiger partial charge in [-0.05, 0) is 46.6 Å². The summed E-state index contributed by atoms with van der Waals surface area (Å²) in [6.45, 7) is 8.07. The summed E-state index contributed by atoms with van der Waals surface area (Å²) in [5, 5.41) is 2.98. The number of hydrogen-bond donors (Lipinski definition) is 1. The van der Waals surface area contributed by atoms with E-state index in [0.717, 1.165) is 12.8 Å². The summed E-state index contributed by atoms with van der Waals surface area (Å²) >= 11 is 0. The summed E-state index contributed by atoms with van der Waals surface area (Å²) in [4.78, 5) is 30.7. The fraction of sp³-hybridized carbons (Fsp3) is 0.611. The number of nitrogens with one attached hydrogen (secondary N) is 1. The zero-order chi connectivity index (χ0) is 18.6. The highest BCUT2D eigenvalue weighted by Crippen LogP contribution is 2.21. The summed E-state index contributed by atoms with van der Waals surface area (Å²) in [5.41, 5.74) is -0.252. The smallest absolute Gasteiger partial charge is 0.410 e. The third kappa shape index (κ3) is 5.08. The molecular weight excluding hydrogens is 322 g/mol. The summed E-state index contributed by atoms with van der Waals surface area (Å²) in [6.07, 6.45) is 1.26. The second kappa shape index (κ2) is 7.72. The van der Waals surface area contributed by atoms with Gasteiger partial charge >= 0.3 is 6.09 Å². The Kier molecular flexibility index (Phi) is 5.87. The predicted molar refractivity (Wildman–Crippen MR) is 93.7 cm³/mol. The van der Waals surface area contributed by atoms with Crippen molar-refractivity contribution in [3.63, 3.8) is 0 Å². The molecule has 1 aliphatic rings. The van der Waals surface area contributed by atoms with Crippen LogP contribution in [0, 0.1) is 0 Å². The first-order chi connectivity index (χ1) is 11.7. The normalized spacial score (nSPS) is 20.8. The van der Waals surface area contributed by atoms with Crippen LogP contribution in [0.4, 0.5) is 4.79 Å². The fourth-order valence-electron chi connectivity index (χ4n) is 2.81. The Morgan fingerprint density at radius 3 is 2.68 bits per heavy atom. The summed E-state index contributed by atoms with van der Waals surface area (Å²) in [5.74, 6) is 0.113. The van der Waals surface area contributed by atoms with E-state index in [-0.39, 0.29) is 24.1 Å². The molecule has 0 aromatic carbocycles. The molecule has 25 heavy (non-hydrogen) atoms. The van der Waals surface area contributed by atoms with Gasteiger partial charge in [0.1, 0.15) is 11.3 Å². The molecule has 7 nitrogen and oxygen atoms in total. The molecule has 2 atom stereocenters. The van der Waals surface area contributed by atoms with Crippen molar-refractivity contribution in [3.8, 4) is 5.88 Å².